The first-order valence-corrected chi connectivity index (χ1v) is 7.42. The molecule has 1 heterocycles. The van der Waals surface area contributed by atoms with Gasteiger partial charge in [-0.15, -0.1) is 0 Å². The number of benzene rings is 2. The molecule has 110 valence electrons. The molecule has 3 nitrogen and oxygen atoms in total. The van der Waals surface area contributed by atoms with Crippen LogP contribution in [-0.4, -0.2) is 18.3 Å². The van der Waals surface area contributed by atoms with Gasteiger partial charge < -0.3 is 14.6 Å². The lowest BCUT2D eigenvalue weighted by atomic mass is 9.90. The van der Waals surface area contributed by atoms with E-state index in [4.69, 9.17) is 9.47 Å². The maximum atomic E-state index is 10.8. The molecule has 3 rings (SSSR count). The summed E-state index contributed by atoms with van der Waals surface area (Å²) in [5, 5.41) is 10.8. The van der Waals surface area contributed by atoms with Crippen LogP contribution in [0.25, 0.3) is 0 Å². The Morgan fingerprint density at radius 3 is 2.81 bits per heavy atom. The van der Waals surface area contributed by atoms with Crippen molar-refractivity contribution in [3.8, 4) is 11.5 Å². The standard InChI is InChI=1S/C18H20O3/c1-2-11-20-17-10-6-4-8-14(17)18(19)15-12-21-16-9-5-3-7-13(15)16/h3-10,15,18-19H,2,11-12H2,1H3. The Balaban J connectivity index is 1.88. The second-order valence-corrected chi connectivity index (χ2v) is 5.29. The van der Waals surface area contributed by atoms with Gasteiger partial charge in [-0.3, -0.25) is 0 Å². The monoisotopic (exact) mass is 284 g/mol. The summed E-state index contributed by atoms with van der Waals surface area (Å²) >= 11 is 0. The van der Waals surface area contributed by atoms with E-state index >= 15 is 0 Å². The van der Waals surface area contributed by atoms with Gasteiger partial charge in [0.05, 0.1) is 25.2 Å². The van der Waals surface area contributed by atoms with E-state index in [1.54, 1.807) is 0 Å². The molecule has 1 aliphatic rings. The topological polar surface area (TPSA) is 38.7 Å². The van der Waals surface area contributed by atoms with E-state index in [1.165, 1.54) is 0 Å². The predicted molar refractivity (Wildman–Crippen MR) is 81.9 cm³/mol. The van der Waals surface area contributed by atoms with Gasteiger partial charge in [0.2, 0.25) is 0 Å². The summed E-state index contributed by atoms with van der Waals surface area (Å²) in [5.41, 5.74) is 1.89. The maximum absolute atomic E-state index is 10.8. The minimum absolute atomic E-state index is 0.0485. The van der Waals surface area contributed by atoms with Gasteiger partial charge >= 0.3 is 0 Å². The van der Waals surface area contributed by atoms with Crippen LogP contribution in [0.4, 0.5) is 0 Å². The van der Waals surface area contributed by atoms with Gasteiger partial charge in [0.15, 0.2) is 0 Å². The van der Waals surface area contributed by atoms with Crippen molar-refractivity contribution < 1.29 is 14.6 Å². The summed E-state index contributed by atoms with van der Waals surface area (Å²) in [4.78, 5) is 0. The number of hydrogen-bond acceptors (Lipinski definition) is 3. The van der Waals surface area contributed by atoms with E-state index in [0.717, 1.165) is 29.0 Å². The van der Waals surface area contributed by atoms with Gasteiger partial charge in [0.1, 0.15) is 11.5 Å². The van der Waals surface area contributed by atoms with Crippen molar-refractivity contribution in [1.82, 2.24) is 0 Å². The van der Waals surface area contributed by atoms with Crippen molar-refractivity contribution >= 4 is 0 Å². The highest BCUT2D eigenvalue weighted by Crippen LogP contribution is 2.43. The molecule has 0 saturated carbocycles. The molecular formula is C18H20O3. The first-order valence-electron chi connectivity index (χ1n) is 7.42. The average Bonchev–Trinajstić information content (AvgIpc) is 2.96. The number of fused-ring (bicyclic) bond motifs is 1. The summed E-state index contributed by atoms with van der Waals surface area (Å²) in [6.45, 7) is 3.23. The van der Waals surface area contributed by atoms with Crippen LogP contribution in [0.2, 0.25) is 0 Å². The Bertz CT molecular complexity index is 609. The third-order valence-corrected chi connectivity index (χ3v) is 3.82. The van der Waals surface area contributed by atoms with Crippen LogP contribution in [0.1, 0.15) is 36.5 Å². The molecule has 0 saturated heterocycles. The smallest absolute Gasteiger partial charge is 0.125 e. The van der Waals surface area contributed by atoms with E-state index in [1.807, 2.05) is 48.5 Å². The maximum Gasteiger partial charge on any atom is 0.125 e. The molecule has 0 spiro atoms. The van der Waals surface area contributed by atoms with Crippen molar-refractivity contribution in [1.29, 1.82) is 0 Å². The lowest BCUT2D eigenvalue weighted by Crippen LogP contribution is -2.13. The minimum atomic E-state index is -0.623. The summed E-state index contributed by atoms with van der Waals surface area (Å²) < 4.78 is 11.4. The third kappa shape index (κ3) is 2.74. The van der Waals surface area contributed by atoms with Gasteiger partial charge in [-0.05, 0) is 18.6 Å². The van der Waals surface area contributed by atoms with Crippen LogP contribution in [-0.2, 0) is 0 Å². The quantitative estimate of drug-likeness (QED) is 0.910. The SMILES string of the molecule is CCCOc1ccccc1C(O)C1COc2ccccc21. The van der Waals surface area contributed by atoms with E-state index in [0.29, 0.717) is 13.2 Å². The van der Waals surface area contributed by atoms with Crippen LogP contribution < -0.4 is 9.47 Å². The van der Waals surface area contributed by atoms with Crippen molar-refractivity contribution in [3.05, 3.63) is 59.7 Å². The largest absolute Gasteiger partial charge is 0.493 e. The van der Waals surface area contributed by atoms with Crippen molar-refractivity contribution in [2.24, 2.45) is 0 Å². The summed E-state index contributed by atoms with van der Waals surface area (Å²) in [6.07, 6.45) is 0.321. The highest BCUT2D eigenvalue weighted by atomic mass is 16.5. The number of aliphatic hydroxyl groups is 1. The van der Waals surface area contributed by atoms with Crippen molar-refractivity contribution in [3.63, 3.8) is 0 Å². The van der Waals surface area contributed by atoms with Crippen molar-refractivity contribution in [2.45, 2.75) is 25.4 Å². The van der Waals surface area contributed by atoms with Crippen LogP contribution in [0.5, 0.6) is 11.5 Å². The first kappa shape index (κ1) is 14.0. The van der Waals surface area contributed by atoms with Gasteiger partial charge in [-0.25, -0.2) is 0 Å². The van der Waals surface area contributed by atoms with Crippen LogP contribution in [0.3, 0.4) is 0 Å². The summed E-state index contributed by atoms with van der Waals surface area (Å²) in [7, 11) is 0. The molecule has 2 atom stereocenters. The zero-order valence-electron chi connectivity index (χ0n) is 12.2. The Morgan fingerprint density at radius 1 is 1.19 bits per heavy atom. The van der Waals surface area contributed by atoms with E-state index in [9.17, 15) is 5.11 Å². The predicted octanol–water partition coefficient (Wildman–Crippen LogP) is 3.69. The molecule has 0 aliphatic carbocycles. The number of aliphatic hydroxyl groups excluding tert-OH is 1. The number of ether oxygens (including phenoxy) is 2. The fraction of sp³-hybridized carbons (Fsp3) is 0.333. The Hall–Kier alpha value is -2.00. The molecule has 0 aromatic heterocycles. The molecular weight excluding hydrogens is 264 g/mol. The van der Waals surface area contributed by atoms with Crippen LogP contribution in [0.15, 0.2) is 48.5 Å². The summed E-state index contributed by atoms with van der Waals surface area (Å²) in [6, 6.07) is 15.6. The van der Waals surface area contributed by atoms with Gasteiger partial charge in [0.25, 0.3) is 0 Å². The average molecular weight is 284 g/mol. The summed E-state index contributed by atoms with van der Waals surface area (Å²) in [5.74, 6) is 1.58. The normalized spacial score (nSPS) is 17.9. The molecule has 0 bridgehead atoms. The Morgan fingerprint density at radius 2 is 1.95 bits per heavy atom. The Kier molecular flexibility index (Phi) is 4.11. The highest BCUT2D eigenvalue weighted by molar-refractivity contribution is 5.44. The molecule has 0 fully saturated rings. The molecule has 2 aromatic rings. The molecule has 2 unspecified atom stereocenters. The molecule has 21 heavy (non-hydrogen) atoms. The third-order valence-electron chi connectivity index (χ3n) is 3.82. The molecule has 2 aromatic carbocycles. The van der Waals surface area contributed by atoms with Gasteiger partial charge in [-0.2, -0.15) is 0 Å². The lowest BCUT2D eigenvalue weighted by Gasteiger charge is -2.20. The fourth-order valence-corrected chi connectivity index (χ4v) is 2.73. The second kappa shape index (κ2) is 6.19. The molecule has 1 N–H and O–H groups in total. The second-order valence-electron chi connectivity index (χ2n) is 5.29. The van der Waals surface area contributed by atoms with E-state index in [-0.39, 0.29) is 5.92 Å². The fourth-order valence-electron chi connectivity index (χ4n) is 2.73. The molecule has 3 heteroatoms. The minimum Gasteiger partial charge on any atom is -0.493 e. The molecule has 0 radical (unpaired) electrons. The number of hydrogen-bond donors (Lipinski definition) is 1. The van der Waals surface area contributed by atoms with Crippen LogP contribution in [0, 0.1) is 0 Å². The van der Waals surface area contributed by atoms with Crippen molar-refractivity contribution in [2.75, 3.05) is 13.2 Å². The highest BCUT2D eigenvalue weighted by Gasteiger charge is 2.32. The van der Waals surface area contributed by atoms with Crippen LogP contribution >= 0.6 is 0 Å². The first-order chi connectivity index (χ1) is 10.3. The van der Waals surface area contributed by atoms with E-state index < -0.39 is 6.10 Å². The molecule has 0 amide bonds. The van der Waals surface area contributed by atoms with Gasteiger partial charge in [-0.1, -0.05) is 43.3 Å². The Labute approximate surface area is 125 Å². The number of para-hydroxylation sites is 2. The zero-order valence-corrected chi connectivity index (χ0v) is 12.2. The molecule has 1 aliphatic heterocycles. The number of rotatable bonds is 5. The van der Waals surface area contributed by atoms with E-state index in [2.05, 4.69) is 6.92 Å². The zero-order chi connectivity index (χ0) is 14.7. The lowest BCUT2D eigenvalue weighted by molar-refractivity contribution is 0.126. The van der Waals surface area contributed by atoms with Gasteiger partial charge in [0, 0.05) is 11.1 Å².